The number of nitrogens with zero attached hydrogens (tertiary/aromatic N) is 1. The van der Waals surface area contributed by atoms with E-state index in [4.69, 9.17) is 4.74 Å². The zero-order valence-electron chi connectivity index (χ0n) is 15.6. The van der Waals surface area contributed by atoms with E-state index in [2.05, 4.69) is 0 Å². The van der Waals surface area contributed by atoms with Crippen LogP contribution >= 0.6 is 11.3 Å². The lowest BCUT2D eigenvalue weighted by molar-refractivity contribution is -0.857. The van der Waals surface area contributed by atoms with Gasteiger partial charge in [-0.1, -0.05) is 18.2 Å². The Kier molecular flexibility index (Phi) is 5.62. The van der Waals surface area contributed by atoms with Gasteiger partial charge in [-0.15, -0.1) is 11.3 Å². The topological polar surface area (TPSA) is 71.3 Å². The van der Waals surface area contributed by atoms with Gasteiger partial charge in [0, 0.05) is 0 Å². The first kappa shape index (κ1) is 19.1. The number of rotatable bonds is 7. The van der Waals surface area contributed by atoms with Crippen LogP contribution in [0.4, 0.5) is 0 Å². The van der Waals surface area contributed by atoms with Crippen molar-refractivity contribution in [3.63, 3.8) is 0 Å². The summed E-state index contributed by atoms with van der Waals surface area (Å²) in [5.74, 6) is -0.581. The Bertz CT molecular complexity index is 857. The number of hydrogen-bond acceptors (Lipinski definition) is 5. The van der Waals surface area contributed by atoms with Crippen LogP contribution < -0.4 is 9.64 Å². The molecule has 2 heterocycles. The third-order valence-electron chi connectivity index (χ3n) is 4.58. The highest BCUT2D eigenvalue weighted by Gasteiger charge is 2.44. The normalized spacial score (nSPS) is 17.1. The van der Waals surface area contributed by atoms with Crippen LogP contribution in [0.3, 0.4) is 0 Å². The molecule has 3 rings (SSSR count). The number of carbonyl (C=O) groups excluding carboxylic acids is 2. The number of amides is 1. The predicted molar refractivity (Wildman–Crippen MR) is 103 cm³/mol. The second kappa shape index (κ2) is 7.94. The molecule has 1 aromatic carbocycles. The van der Waals surface area contributed by atoms with Crippen LogP contribution in [-0.4, -0.2) is 56.0 Å². The molecule has 1 amide bonds. The number of aliphatic hydroxyl groups excluding tert-OH is 1. The van der Waals surface area contributed by atoms with E-state index < -0.39 is 17.7 Å². The van der Waals surface area contributed by atoms with Gasteiger partial charge in [0.1, 0.15) is 5.75 Å². The van der Waals surface area contributed by atoms with E-state index in [-0.39, 0.29) is 11.4 Å². The van der Waals surface area contributed by atoms with E-state index in [1.54, 1.807) is 41.7 Å². The number of nitrogens with one attached hydrogen (secondary N) is 1. The molecule has 2 aromatic rings. The predicted octanol–water partition coefficient (Wildman–Crippen LogP) is 1.48. The highest BCUT2D eigenvalue weighted by Crippen LogP contribution is 2.39. The Labute approximate surface area is 162 Å². The van der Waals surface area contributed by atoms with E-state index in [1.165, 1.54) is 16.2 Å². The molecule has 1 aliphatic rings. The molecule has 1 atom stereocenters. The summed E-state index contributed by atoms with van der Waals surface area (Å²) < 4.78 is 5.20. The molecule has 0 radical (unpaired) electrons. The van der Waals surface area contributed by atoms with Crippen LogP contribution in [0.15, 0.2) is 53.1 Å². The first-order valence-corrected chi connectivity index (χ1v) is 9.57. The van der Waals surface area contributed by atoms with Crippen LogP contribution in [0.1, 0.15) is 21.3 Å². The highest BCUT2D eigenvalue weighted by atomic mass is 32.1. The Hall–Kier alpha value is -2.64. The van der Waals surface area contributed by atoms with Crippen molar-refractivity contribution in [3.05, 3.63) is 63.6 Å². The fourth-order valence-corrected chi connectivity index (χ4v) is 3.81. The minimum absolute atomic E-state index is 0.140. The van der Waals surface area contributed by atoms with Crippen LogP contribution in [0, 0.1) is 0 Å². The number of Topliss-reactive ketones (excluding diaryl/α,β-unsaturated/α-hetero) is 1. The van der Waals surface area contributed by atoms with E-state index in [0.29, 0.717) is 23.7 Å². The molecular formula is C20H23N2O4S+. The number of carbonyl (C=O) groups is 2. The monoisotopic (exact) mass is 387 g/mol. The molecular weight excluding hydrogens is 364 g/mol. The lowest BCUT2D eigenvalue weighted by Crippen LogP contribution is -3.06. The second-order valence-corrected chi connectivity index (χ2v) is 7.65. The molecule has 0 fully saturated rings. The van der Waals surface area contributed by atoms with Gasteiger partial charge in [0.15, 0.2) is 5.76 Å². The Morgan fingerprint density at radius 1 is 1.26 bits per heavy atom. The van der Waals surface area contributed by atoms with Gasteiger partial charge < -0.3 is 19.6 Å². The van der Waals surface area contributed by atoms with E-state index in [0.717, 1.165) is 5.56 Å². The minimum atomic E-state index is -0.614. The molecule has 1 aliphatic heterocycles. The fourth-order valence-electron chi connectivity index (χ4n) is 3.13. The number of ketones is 1. The number of quaternary nitrogens is 1. The smallest absolute Gasteiger partial charge is 0.290 e. The molecule has 0 aliphatic carbocycles. The van der Waals surface area contributed by atoms with Crippen molar-refractivity contribution in [2.45, 2.75) is 6.04 Å². The van der Waals surface area contributed by atoms with Crippen LogP contribution in [0.5, 0.6) is 5.75 Å². The van der Waals surface area contributed by atoms with Gasteiger partial charge in [-0.05, 0) is 29.1 Å². The lowest BCUT2D eigenvalue weighted by atomic mass is 9.95. The minimum Gasteiger partial charge on any atom is -0.503 e. The van der Waals surface area contributed by atoms with Crippen LogP contribution in [-0.2, 0) is 4.79 Å². The summed E-state index contributed by atoms with van der Waals surface area (Å²) in [6.45, 7) is 1.13. The third-order valence-corrected chi connectivity index (χ3v) is 5.45. The van der Waals surface area contributed by atoms with Crippen LogP contribution in [0.25, 0.3) is 0 Å². The van der Waals surface area contributed by atoms with E-state index >= 15 is 0 Å². The highest BCUT2D eigenvalue weighted by molar-refractivity contribution is 7.12. The van der Waals surface area contributed by atoms with Crippen molar-refractivity contribution < 1.29 is 24.3 Å². The van der Waals surface area contributed by atoms with Crippen molar-refractivity contribution in [1.29, 1.82) is 0 Å². The van der Waals surface area contributed by atoms with Crippen molar-refractivity contribution in [2.24, 2.45) is 0 Å². The van der Waals surface area contributed by atoms with Crippen molar-refractivity contribution >= 4 is 23.0 Å². The molecule has 2 N–H and O–H groups in total. The number of ether oxygens (including phenoxy) is 1. The zero-order chi connectivity index (χ0) is 19.6. The van der Waals surface area contributed by atoms with Gasteiger partial charge in [0.2, 0.25) is 5.78 Å². The van der Waals surface area contributed by atoms with E-state index in [9.17, 15) is 14.7 Å². The largest absolute Gasteiger partial charge is 0.503 e. The Morgan fingerprint density at radius 2 is 1.96 bits per heavy atom. The van der Waals surface area contributed by atoms with Gasteiger partial charge in [-0.25, -0.2) is 0 Å². The molecule has 0 unspecified atom stereocenters. The van der Waals surface area contributed by atoms with Gasteiger partial charge in [0.25, 0.3) is 5.91 Å². The molecule has 0 bridgehead atoms. The van der Waals surface area contributed by atoms with Crippen LogP contribution in [0.2, 0.25) is 0 Å². The molecule has 0 saturated heterocycles. The molecule has 0 saturated carbocycles. The maximum Gasteiger partial charge on any atom is 0.290 e. The van der Waals surface area contributed by atoms with Gasteiger partial charge in [0.05, 0.1) is 50.8 Å². The Morgan fingerprint density at radius 3 is 2.52 bits per heavy atom. The average Bonchev–Trinajstić information content (AvgIpc) is 3.28. The standard InChI is InChI=1S/C20H22N2O4S/c1-21(2)10-11-22-17(13-6-8-14(26-3)9-7-13)16(19(24)20(22)25)18(23)15-5-4-12-27-15/h4-9,12,17,24H,10-11H2,1-3H3/p+1/t17-/m1/s1. The first-order valence-electron chi connectivity index (χ1n) is 8.69. The molecule has 7 heteroatoms. The molecule has 1 aromatic heterocycles. The molecule has 142 valence electrons. The number of aliphatic hydroxyl groups is 1. The molecule has 6 nitrogen and oxygen atoms in total. The summed E-state index contributed by atoms with van der Waals surface area (Å²) >= 11 is 1.30. The summed E-state index contributed by atoms with van der Waals surface area (Å²) in [6.07, 6.45) is 0. The van der Waals surface area contributed by atoms with E-state index in [1.807, 2.05) is 26.2 Å². The Balaban J connectivity index is 2.04. The summed E-state index contributed by atoms with van der Waals surface area (Å²) in [4.78, 5) is 29.0. The van der Waals surface area contributed by atoms with Crippen molar-refractivity contribution in [3.8, 4) is 5.75 Å². The second-order valence-electron chi connectivity index (χ2n) is 6.70. The number of hydrogen-bond donors (Lipinski definition) is 2. The molecule has 27 heavy (non-hydrogen) atoms. The zero-order valence-corrected chi connectivity index (χ0v) is 16.4. The summed E-state index contributed by atoms with van der Waals surface area (Å²) in [6, 6.07) is 10.1. The number of methoxy groups -OCH3 is 1. The average molecular weight is 387 g/mol. The summed E-state index contributed by atoms with van der Waals surface area (Å²) in [5, 5.41) is 12.3. The van der Waals surface area contributed by atoms with Crippen molar-refractivity contribution in [2.75, 3.05) is 34.3 Å². The first-order chi connectivity index (χ1) is 12.9. The summed E-state index contributed by atoms with van der Waals surface area (Å²) in [7, 11) is 5.57. The number of likely N-dealkylation sites (N-methyl/N-ethyl adjacent to an activating group) is 1. The third kappa shape index (κ3) is 3.74. The van der Waals surface area contributed by atoms with Gasteiger partial charge in [-0.2, -0.15) is 0 Å². The van der Waals surface area contributed by atoms with Crippen molar-refractivity contribution in [1.82, 2.24) is 4.90 Å². The molecule has 0 spiro atoms. The maximum atomic E-state index is 13.0. The number of benzene rings is 1. The quantitative estimate of drug-likeness (QED) is 0.706. The van der Waals surface area contributed by atoms with Gasteiger partial charge >= 0.3 is 0 Å². The summed E-state index contributed by atoms with van der Waals surface area (Å²) in [5.41, 5.74) is 0.906. The maximum absolute atomic E-state index is 13.0. The van der Waals surface area contributed by atoms with Gasteiger partial charge in [-0.3, -0.25) is 9.59 Å². The lowest BCUT2D eigenvalue weighted by Gasteiger charge is -2.27. The SMILES string of the molecule is COc1ccc([C@@H]2C(C(=O)c3cccs3)=C(O)C(=O)N2CC[NH+](C)C)cc1. The fraction of sp³-hybridized carbons (Fsp3) is 0.300. The number of thiophene rings is 1.